The molecule has 148 valence electrons. The number of benzene rings is 1. The Morgan fingerprint density at radius 3 is 2.61 bits per heavy atom. The van der Waals surface area contributed by atoms with Gasteiger partial charge in [-0.25, -0.2) is 0 Å². The van der Waals surface area contributed by atoms with Gasteiger partial charge in [-0.2, -0.15) is 0 Å². The standard InChI is InChI=1S/C21H26N4O2S/c1-4-25-20(18-11-8-12-27-18)23-24-21(25)28-14-19(26)22-17(13-15(2)3)16-9-6-5-7-10-16/h5-12,15,17H,4,13-14H2,1-3H3,(H,22,26). The lowest BCUT2D eigenvalue weighted by Gasteiger charge is -2.21. The molecule has 3 rings (SSSR count). The summed E-state index contributed by atoms with van der Waals surface area (Å²) in [6.07, 6.45) is 2.51. The molecular weight excluding hydrogens is 372 g/mol. The molecule has 1 N–H and O–H groups in total. The van der Waals surface area contributed by atoms with Crippen LogP contribution >= 0.6 is 11.8 Å². The predicted octanol–water partition coefficient (Wildman–Crippen LogP) is 4.55. The van der Waals surface area contributed by atoms with Crippen LogP contribution in [0.2, 0.25) is 0 Å². The van der Waals surface area contributed by atoms with Gasteiger partial charge in [-0.3, -0.25) is 9.36 Å². The third-order valence-corrected chi connectivity index (χ3v) is 5.32. The molecule has 0 saturated heterocycles. The second-order valence-electron chi connectivity index (χ2n) is 6.98. The van der Waals surface area contributed by atoms with Crippen LogP contribution in [0.4, 0.5) is 0 Å². The van der Waals surface area contributed by atoms with Gasteiger partial charge in [-0.15, -0.1) is 10.2 Å². The fraction of sp³-hybridized carbons (Fsp3) is 0.381. The van der Waals surface area contributed by atoms with Gasteiger partial charge < -0.3 is 9.73 Å². The van der Waals surface area contributed by atoms with E-state index < -0.39 is 0 Å². The molecule has 0 spiro atoms. The van der Waals surface area contributed by atoms with Crippen molar-refractivity contribution in [3.8, 4) is 11.6 Å². The van der Waals surface area contributed by atoms with E-state index in [2.05, 4.69) is 41.5 Å². The molecule has 3 aromatic rings. The third-order valence-electron chi connectivity index (χ3n) is 4.35. The van der Waals surface area contributed by atoms with Crippen LogP contribution in [-0.4, -0.2) is 26.4 Å². The molecule has 6 nitrogen and oxygen atoms in total. The molecule has 0 radical (unpaired) electrons. The van der Waals surface area contributed by atoms with E-state index in [1.165, 1.54) is 11.8 Å². The Labute approximate surface area is 169 Å². The fourth-order valence-electron chi connectivity index (χ4n) is 3.07. The van der Waals surface area contributed by atoms with Crippen molar-refractivity contribution < 1.29 is 9.21 Å². The van der Waals surface area contributed by atoms with Crippen molar-refractivity contribution >= 4 is 17.7 Å². The maximum Gasteiger partial charge on any atom is 0.230 e. The highest BCUT2D eigenvalue weighted by atomic mass is 32.2. The zero-order valence-electron chi connectivity index (χ0n) is 16.5. The second kappa shape index (κ2) is 9.59. The van der Waals surface area contributed by atoms with E-state index in [9.17, 15) is 4.79 Å². The van der Waals surface area contributed by atoms with Crippen LogP contribution in [0.25, 0.3) is 11.6 Å². The molecule has 0 fully saturated rings. The molecule has 1 atom stereocenters. The molecule has 1 unspecified atom stereocenters. The van der Waals surface area contributed by atoms with Gasteiger partial charge in [0.25, 0.3) is 0 Å². The van der Waals surface area contributed by atoms with Gasteiger partial charge in [0.1, 0.15) is 0 Å². The van der Waals surface area contributed by atoms with Crippen LogP contribution in [0.5, 0.6) is 0 Å². The third kappa shape index (κ3) is 5.04. The molecular formula is C21H26N4O2S. The van der Waals surface area contributed by atoms with E-state index in [0.717, 1.165) is 12.0 Å². The van der Waals surface area contributed by atoms with Crippen LogP contribution in [0.3, 0.4) is 0 Å². The smallest absolute Gasteiger partial charge is 0.230 e. The molecule has 0 saturated carbocycles. The Balaban J connectivity index is 1.65. The number of carbonyl (C=O) groups excluding carboxylic acids is 1. The lowest BCUT2D eigenvalue weighted by atomic mass is 9.97. The summed E-state index contributed by atoms with van der Waals surface area (Å²) >= 11 is 1.39. The summed E-state index contributed by atoms with van der Waals surface area (Å²) in [5.74, 6) is 2.11. The predicted molar refractivity (Wildman–Crippen MR) is 111 cm³/mol. The van der Waals surface area contributed by atoms with E-state index in [0.29, 0.717) is 29.2 Å². The normalized spacial score (nSPS) is 12.3. The van der Waals surface area contributed by atoms with E-state index in [1.807, 2.05) is 41.8 Å². The highest BCUT2D eigenvalue weighted by Crippen LogP contribution is 2.25. The molecule has 0 aliphatic heterocycles. The number of rotatable bonds is 9. The zero-order valence-corrected chi connectivity index (χ0v) is 17.3. The molecule has 1 amide bonds. The fourth-order valence-corrected chi connectivity index (χ4v) is 3.88. The van der Waals surface area contributed by atoms with Crippen molar-refractivity contribution in [3.63, 3.8) is 0 Å². The van der Waals surface area contributed by atoms with E-state index in [-0.39, 0.29) is 17.7 Å². The highest BCUT2D eigenvalue weighted by molar-refractivity contribution is 7.99. The Morgan fingerprint density at radius 1 is 1.18 bits per heavy atom. The minimum atomic E-state index is -0.00953. The molecule has 2 aromatic heterocycles. The minimum Gasteiger partial charge on any atom is -0.461 e. The van der Waals surface area contributed by atoms with Gasteiger partial charge in [0.05, 0.1) is 18.1 Å². The first kappa shape index (κ1) is 20.2. The van der Waals surface area contributed by atoms with Crippen molar-refractivity contribution in [1.29, 1.82) is 0 Å². The first-order valence-electron chi connectivity index (χ1n) is 9.52. The monoisotopic (exact) mass is 398 g/mol. The van der Waals surface area contributed by atoms with Crippen LogP contribution < -0.4 is 5.32 Å². The van der Waals surface area contributed by atoms with E-state index in [4.69, 9.17) is 4.42 Å². The molecule has 0 aliphatic rings. The van der Waals surface area contributed by atoms with Crippen molar-refractivity contribution in [2.75, 3.05) is 5.75 Å². The summed E-state index contributed by atoms with van der Waals surface area (Å²) in [5, 5.41) is 12.3. The Morgan fingerprint density at radius 2 is 1.96 bits per heavy atom. The van der Waals surface area contributed by atoms with Crippen LogP contribution in [0.15, 0.2) is 58.3 Å². The molecule has 2 heterocycles. The lowest BCUT2D eigenvalue weighted by Crippen LogP contribution is -2.31. The quantitative estimate of drug-likeness (QED) is 0.535. The molecule has 0 aliphatic carbocycles. The first-order chi connectivity index (χ1) is 13.6. The summed E-state index contributed by atoms with van der Waals surface area (Å²) in [6, 6.07) is 13.8. The Bertz CT molecular complexity index is 875. The Hall–Kier alpha value is -2.54. The van der Waals surface area contributed by atoms with Gasteiger partial charge in [-0.05, 0) is 37.0 Å². The topological polar surface area (TPSA) is 73.0 Å². The van der Waals surface area contributed by atoms with Crippen molar-refractivity contribution in [2.45, 2.75) is 44.9 Å². The number of hydrogen-bond acceptors (Lipinski definition) is 5. The Kier molecular flexibility index (Phi) is 6.92. The number of furan rings is 1. The number of nitrogens with zero attached hydrogens (tertiary/aromatic N) is 3. The second-order valence-corrected chi connectivity index (χ2v) is 7.92. The van der Waals surface area contributed by atoms with E-state index in [1.54, 1.807) is 6.26 Å². The average Bonchev–Trinajstić information content (AvgIpc) is 3.35. The van der Waals surface area contributed by atoms with Crippen molar-refractivity contribution in [2.24, 2.45) is 5.92 Å². The number of aromatic nitrogens is 3. The zero-order chi connectivity index (χ0) is 19.9. The van der Waals surface area contributed by atoms with Gasteiger partial charge >= 0.3 is 0 Å². The molecule has 28 heavy (non-hydrogen) atoms. The van der Waals surface area contributed by atoms with Crippen LogP contribution in [0.1, 0.15) is 38.8 Å². The summed E-state index contributed by atoms with van der Waals surface area (Å²) in [4.78, 5) is 12.6. The lowest BCUT2D eigenvalue weighted by molar-refractivity contribution is -0.119. The summed E-state index contributed by atoms with van der Waals surface area (Å²) in [7, 11) is 0. The largest absolute Gasteiger partial charge is 0.461 e. The first-order valence-corrected chi connectivity index (χ1v) is 10.5. The summed E-state index contributed by atoms with van der Waals surface area (Å²) in [6.45, 7) is 7.05. The van der Waals surface area contributed by atoms with Crippen LogP contribution in [-0.2, 0) is 11.3 Å². The van der Waals surface area contributed by atoms with Crippen molar-refractivity contribution in [3.05, 3.63) is 54.3 Å². The maximum atomic E-state index is 12.6. The number of nitrogens with one attached hydrogen (secondary N) is 1. The van der Waals surface area contributed by atoms with Gasteiger partial charge in [0.2, 0.25) is 5.91 Å². The summed E-state index contributed by atoms with van der Waals surface area (Å²) < 4.78 is 7.39. The number of hydrogen-bond donors (Lipinski definition) is 1. The molecule has 1 aromatic carbocycles. The summed E-state index contributed by atoms with van der Waals surface area (Å²) in [5.41, 5.74) is 1.13. The SMILES string of the molecule is CCn1c(SCC(=O)NC(CC(C)C)c2ccccc2)nnc1-c1ccco1. The van der Waals surface area contributed by atoms with Gasteiger partial charge in [0, 0.05) is 6.54 Å². The number of carbonyl (C=O) groups is 1. The van der Waals surface area contributed by atoms with Crippen molar-refractivity contribution in [1.82, 2.24) is 20.1 Å². The minimum absolute atomic E-state index is 0.00953. The number of amides is 1. The van der Waals surface area contributed by atoms with Crippen LogP contribution in [0, 0.1) is 5.92 Å². The average molecular weight is 399 g/mol. The molecule has 7 heteroatoms. The van der Waals surface area contributed by atoms with Gasteiger partial charge in [0.15, 0.2) is 16.7 Å². The molecule has 0 bridgehead atoms. The van der Waals surface area contributed by atoms with Gasteiger partial charge in [-0.1, -0.05) is 55.9 Å². The highest BCUT2D eigenvalue weighted by Gasteiger charge is 2.19. The number of thioether (sulfide) groups is 1. The maximum absolute atomic E-state index is 12.6. The van der Waals surface area contributed by atoms with E-state index >= 15 is 0 Å².